The fourth-order valence-electron chi connectivity index (χ4n) is 5.13. The van der Waals surface area contributed by atoms with Gasteiger partial charge < -0.3 is 14.6 Å². The zero-order chi connectivity index (χ0) is 29.1. The van der Waals surface area contributed by atoms with Gasteiger partial charge in [-0.05, 0) is 74.9 Å². The summed E-state index contributed by atoms with van der Waals surface area (Å²) >= 11 is 0. The van der Waals surface area contributed by atoms with Crippen molar-refractivity contribution < 1.29 is 14.0 Å². The third kappa shape index (κ3) is 6.70. The number of anilines is 2. The van der Waals surface area contributed by atoms with Crippen LogP contribution in [-0.4, -0.2) is 39.7 Å². The second-order valence-corrected chi connectivity index (χ2v) is 12.1. The molecule has 0 spiro atoms. The Bertz CT molecular complexity index is 1500. The molecule has 2 aromatic carbocycles. The predicted molar refractivity (Wildman–Crippen MR) is 162 cm³/mol. The van der Waals surface area contributed by atoms with E-state index >= 15 is 0 Å². The number of aromatic nitrogens is 2. The lowest BCUT2D eigenvalue weighted by Crippen LogP contribution is -2.39. The quantitative estimate of drug-likeness (QED) is 0.266. The predicted octanol–water partition coefficient (Wildman–Crippen LogP) is 7.12. The van der Waals surface area contributed by atoms with Gasteiger partial charge in [0.2, 0.25) is 0 Å². The second kappa shape index (κ2) is 11.6. The van der Waals surface area contributed by atoms with Gasteiger partial charge in [-0.25, -0.2) is 9.48 Å². The summed E-state index contributed by atoms with van der Waals surface area (Å²) in [6.07, 6.45) is 4.43. The minimum Gasteiger partial charge on any atom is -0.459 e. The first-order valence-corrected chi connectivity index (χ1v) is 14.2. The summed E-state index contributed by atoms with van der Waals surface area (Å²) in [7, 11) is 0. The summed E-state index contributed by atoms with van der Waals surface area (Å²) in [6.45, 7) is 11.7. The van der Waals surface area contributed by atoms with Crippen LogP contribution >= 0.6 is 0 Å². The summed E-state index contributed by atoms with van der Waals surface area (Å²) in [5.41, 5.74) is 5.59. The number of likely N-dealkylation sites (tertiary alicyclic amines) is 1. The van der Waals surface area contributed by atoms with Crippen LogP contribution in [0.4, 0.5) is 16.3 Å². The van der Waals surface area contributed by atoms with Crippen molar-refractivity contribution in [1.29, 1.82) is 0 Å². The first-order valence-electron chi connectivity index (χ1n) is 14.2. The van der Waals surface area contributed by atoms with Gasteiger partial charge in [-0.3, -0.25) is 10.1 Å². The molecule has 2 N–H and O–H groups in total. The van der Waals surface area contributed by atoms with Gasteiger partial charge in [-0.15, -0.1) is 0 Å². The number of furan rings is 1. The van der Waals surface area contributed by atoms with E-state index in [2.05, 4.69) is 43.5 Å². The Balaban J connectivity index is 1.17. The van der Waals surface area contributed by atoms with Crippen LogP contribution in [0.5, 0.6) is 0 Å². The maximum absolute atomic E-state index is 13.0. The molecule has 214 valence electrons. The number of benzene rings is 2. The van der Waals surface area contributed by atoms with Crippen LogP contribution < -0.4 is 10.6 Å². The molecule has 0 aliphatic carbocycles. The number of carbonyl (C=O) groups excluding carboxylic acids is 2. The number of hydrogen-bond acceptors (Lipinski definition) is 4. The van der Waals surface area contributed by atoms with Crippen LogP contribution in [-0.2, 0) is 11.8 Å². The van der Waals surface area contributed by atoms with Crippen LogP contribution in [0, 0.1) is 19.8 Å². The number of nitrogens with one attached hydrogen (secondary N) is 2. The van der Waals surface area contributed by atoms with Gasteiger partial charge in [0, 0.05) is 35.8 Å². The summed E-state index contributed by atoms with van der Waals surface area (Å²) in [6, 6.07) is 19.5. The normalized spacial score (nSPS) is 14.2. The van der Waals surface area contributed by atoms with Gasteiger partial charge in [0.05, 0.1) is 17.6 Å². The number of amides is 3. The molecule has 0 unspecified atom stereocenters. The minimum atomic E-state index is -0.324. The van der Waals surface area contributed by atoms with Crippen molar-refractivity contribution in [3.05, 3.63) is 95.1 Å². The third-order valence-electron chi connectivity index (χ3n) is 7.69. The highest BCUT2D eigenvalue weighted by atomic mass is 16.3. The van der Waals surface area contributed by atoms with Crippen LogP contribution in [0.15, 0.2) is 71.3 Å². The monoisotopic (exact) mass is 553 g/mol. The molecule has 8 heteroatoms. The molecule has 3 amide bonds. The number of carbonyl (C=O) groups is 2. The van der Waals surface area contributed by atoms with Gasteiger partial charge in [0.15, 0.2) is 5.76 Å². The van der Waals surface area contributed by atoms with Gasteiger partial charge in [0.1, 0.15) is 5.82 Å². The molecule has 8 nitrogen and oxygen atoms in total. The lowest BCUT2D eigenvalue weighted by Gasteiger charge is -2.31. The summed E-state index contributed by atoms with van der Waals surface area (Å²) in [4.78, 5) is 27.6. The fourth-order valence-corrected chi connectivity index (χ4v) is 5.13. The number of nitrogens with zero attached hydrogens (tertiary/aromatic N) is 3. The Kier molecular flexibility index (Phi) is 8.01. The standard InChI is InChI=1S/C33H39N5O3/c1-22-6-12-27(13-7-22)38-29(21-28(36-38)33(3,4)5)35-32(40)34-26-10-8-24(9-11-26)20-25-14-17-37(18-15-25)31(39)30-23(2)16-19-41-30/h6-13,16,19,21,25H,14-15,17-18,20H2,1-5H3,(H2,34,35,40). The molecule has 0 radical (unpaired) electrons. The Morgan fingerprint density at radius 2 is 1.63 bits per heavy atom. The largest absolute Gasteiger partial charge is 0.459 e. The van der Waals surface area contributed by atoms with Crippen LogP contribution in [0.3, 0.4) is 0 Å². The highest BCUT2D eigenvalue weighted by molar-refractivity contribution is 5.99. The number of aryl methyl sites for hydroxylation is 2. The van der Waals surface area contributed by atoms with E-state index in [0.717, 1.165) is 60.5 Å². The van der Waals surface area contributed by atoms with Crippen molar-refractivity contribution in [1.82, 2.24) is 14.7 Å². The Hall–Kier alpha value is -4.33. The van der Waals surface area contributed by atoms with Crippen molar-refractivity contribution in [2.24, 2.45) is 5.92 Å². The summed E-state index contributed by atoms with van der Waals surface area (Å²) < 4.78 is 7.16. The lowest BCUT2D eigenvalue weighted by atomic mass is 9.90. The maximum Gasteiger partial charge on any atom is 0.324 e. The molecular weight excluding hydrogens is 514 g/mol. The van der Waals surface area contributed by atoms with Gasteiger partial charge in [0.25, 0.3) is 5.91 Å². The van der Waals surface area contributed by atoms with Crippen molar-refractivity contribution in [2.45, 2.75) is 59.3 Å². The van der Waals surface area contributed by atoms with Crippen molar-refractivity contribution >= 4 is 23.4 Å². The highest BCUT2D eigenvalue weighted by Gasteiger charge is 2.26. The van der Waals surface area contributed by atoms with E-state index in [4.69, 9.17) is 9.52 Å². The van der Waals surface area contributed by atoms with Crippen LogP contribution in [0.2, 0.25) is 0 Å². The maximum atomic E-state index is 13.0. The Labute approximate surface area is 241 Å². The number of piperidine rings is 1. The Morgan fingerprint density at radius 1 is 0.951 bits per heavy atom. The average molecular weight is 554 g/mol. The smallest absolute Gasteiger partial charge is 0.324 e. The average Bonchev–Trinajstić information content (AvgIpc) is 3.56. The molecule has 5 rings (SSSR count). The van der Waals surface area contributed by atoms with E-state index in [0.29, 0.717) is 17.5 Å². The lowest BCUT2D eigenvalue weighted by molar-refractivity contribution is 0.0657. The van der Waals surface area contributed by atoms with E-state index in [1.165, 1.54) is 5.56 Å². The van der Waals surface area contributed by atoms with E-state index in [1.807, 2.05) is 67.3 Å². The van der Waals surface area contributed by atoms with Crippen LogP contribution in [0.25, 0.3) is 5.69 Å². The van der Waals surface area contributed by atoms with E-state index in [1.54, 1.807) is 10.9 Å². The molecule has 0 saturated carbocycles. The first-order chi connectivity index (χ1) is 19.6. The molecule has 4 aromatic rings. The minimum absolute atomic E-state index is 0.0174. The zero-order valence-corrected chi connectivity index (χ0v) is 24.5. The topological polar surface area (TPSA) is 92.4 Å². The summed E-state index contributed by atoms with van der Waals surface area (Å²) in [5, 5.41) is 10.7. The third-order valence-corrected chi connectivity index (χ3v) is 7.69. The van der Waals surface area contributed by atoms with E-state index in [-0.39, 0.29) is 17.4 Å². The fraction of sp³-hybridized carbons (Fsp3) is 0.364. The van der Waals surface area contributed by atoms with Gasteiger partial charge in [-0.1, -0.05) is 50.6 Å². The second-order valence-electron chi connectivity index (χ2n) is 12.1. The highest BCUT2D eigenvalue weighted by Crippen LogP contribution is 2.27. The molecule has 3 heterocycles. The molecule has 1 aliphatic heterocycles. The molecule has 0 atom stereocenters. The molecule has 41 heavy (non-hydrogen) atoms. The first kappa shape index (κ1) is 28.2. The molecule has 2 aromatic heterocycles. The van der Waals surface area contributed by atoms with Crippen molar-refractivity contribution in [2.75, 3.05) is 23.7 Å². The number of hydrogen-bond donors (Lipinski definition) is 2. The molecule has 1 aliphatic rings. The number of rotatable bonds is 6. The van der Waals surface area contributed by atoms with Crippen LogP contribution in [0.1, 0.15) is 66.6 Å². The molecular formula is C33H39N5O3. The van der Waals surface area contributed by atoms with Gasteiger partial charge >= 0.3 is 6.03 Å². The van der Waals surface area contributed by atoms with E-state index < -0.39 is 0 Å². The molecule has 0 bridgehead atoms. The molecule has 1 saturated heterocycles. The Morgan fingerprint density at radius 3 is 2.24 bits per heavy atom. The number of urea groups is 1. The van der Waals surface area contributed by atoms with Gasteiger partial charge in [-0.2, -0.15) is 5.10 Å². The SMILES string of the molecule is Cc1ccc(-n2nc(C(C)(C)C)cc2NC(=O)Nc2ccc(CC3CCN(C(=O)c4occc4C)CC3)cc2)cc1. The van der Waals surface area contributed by atoms with Crippen molar-refractivity contribution in [3.8, 4) is 5.69 Å². The summed E-state index contributed by atoms with van der Waals surface area (Å²) in [5.74, 6) is 1.55. The molecule has 1 fully saturated rings. The zero-order valence-electron chi connectivity index (χ0n) is 24.5. The van der Waals surface area contributed by atoms with E-state index in [9.17, 15) is 9.59 Å². The van der Waals surface area contributed by atoms with Crippen molar-refractivity contribution in [3.63, 3.8) is 0 Å².